The third-order valence-corrected chi connectivity index (χ3v) is 2.80. The minimum Gasteiger partial charge on any atom is -0.504 e. The van der Waals surface area contributed by atoms with Crippen LogP contribution in [0.5, 0.6) is 11.5 Å². The van der Waals surface area contributed by atoms with Gasteiger partial charge in [-0.05, 0) is 44.2 Å². The molecule has 1 saturated carbocycles. The van der Waals surface area contributed by atoms with Gasteiger partial charge in [0.1, 0.15) is 0 Å². The first-order chi connectivity index (χ1) is 6.77. The molecule has 1 fully saturated rings. The zero-order valence-corrected chi connectivity index (χ0v) is 8.49. The molecule has 76 valence electrons. The number of aryl methyl sites for hydroxylation is 1. The third kappa shape index (κ3) is 1.84. The molecule has 0 radical (unpaired) electrons. The highest BCUT2D eigenvalue weighted by Gasteiger charge is 2.18. The first-order valence-electron chi connectivity index (χ1n) is 5.22. The summed E-state index contributed by atoms with van der Waals surface area (Å²) < 4.78 is 5.74. The van der Waals surface area contributed by atoms with E-state index in [1.807, 2.05) is 25.1 Å². The lowest BCUT2D eigenvalue weighted by molar-refractivity contribution is 0.201. The molecule has 0 saturated heterocycles. The van der Waals surface area contributed by atoms with Gasteiger partial charge in [-0.1, -0.05) is 12.1 Å². The molecule has 0 spiro atoms. The Morgan fingerprint density at radius 3 is 2.71 bits per heavy atom. The zero-order chi connectivity index (χ0) is 9.97. The van der Waals surface area contributed by atoms with Crippen LogP contribution in [0.4, 0.5) is 0 Å². The van der Waals surface area contributed by atoms with E-state index in [-0.39, 0.29) is 0 Å². The fourth-order valence-electron chi connectivity index (χ4n) is 1.91. The van der Waals surface area contributed by atoms with Crippen molar-refractivity contribution in [2.24, 2.45) is 0 Å². The maximum Gasteiger partial charge on any atom is 0.161 e. The van der Waals surface area contributed by atoms with Gasteiger partial charge >= 0.3 is 0 Å². The summed E-state index contributed by atoms with van der Waals surface area (Å²) >= 11 is 0. The van der Waals surface area contributed by atoms with Crippen LogP contribution in [0, 0.1) is 6.92 Å². The molecule has 2 rings (SSSR count). The normalized spacial score (nSPS) is 17.2. The summed E-state index contributed by atoms with van der Waals surface area (Å²) in [6, 6.07) is 5.64. The van der Waals surface area contributed by atoms with Gasteiger partial charge in [0.15, 0.2) is 11.5 Å². The Balaban J connectivity index is 2.11. The van der Waals surface area contributed by atoms with Crippen molar-refractivity contribution in [3.63, 3.8) is 0 Å². The molecule has 0 bridgehead atoms. The predicted octanol–water partition coefficient (Wildman–Crippen LogP) is 3.02. The quantitative estimate of drug-likeness (QED) is 0.780. The summed E-state index contributed by atoms with van der Waals surface area (Å²) in [7, 11) is 0. The van der Waals surface area contributed by atoms with Crippen LogP contribution in [-0.4, -0.2) is 11.2 Å². The van der Waals surface area contributed by atoms with Crippen molar-refractivity contribution in [3.8, 4) is 11.5 Å². The van der Waals surface area contributed by atoms with E-state index in [9.17, 15) is 5.11 Å². The zero-order valence-electron chi connectivity index (χ0n) is 8.49. The van der Waals surface area contributed by atoms with Crippen LogP contribution < -0.4 is 4.74 Å². The van der Waals surface area contributed by atoms with E-state index in [4.69, 9.17) is 4.74 Å². The summed E-state index contributed by atoms with van der Waals surface area (Å²) in [6.45, 7) is 1.89. The fraction of sp³-hybridized carbons (Fsp3) is 0.500. The average Bonchev–Trinajstić information content (AvgIpc) is 2.66. The van der Waals surface area contributed by atoms with Crippen molar-refractivity contribution in [3.05, 3.63) is 23.8 Å². The Kier molecular flexibility index (Phi) is 2.62. The van der Waals surface area contributed by atoms with Crippen LogP contribution in [0.15, 0.2) is 18.2 Å². The van der Waals surface area contributed by atoms with Crippen LogP contribution in [0.3, 0.4) is 0 Å². The maximum absolute atomic E-state index is 9.73. The molecule has 1 aliphatic carbocycles. The Hall–Kier alpha value is -1.18. The van der Waals surface area contributed by atoms with Crippen molar-refractivity contribution in [2.45, 2.75) is 38.7 Å². The highest BCUT2D eigenvalue weighted by Crippen LogP contribution is 2.32. The fourth-order valence-corrected chi connectivity index (χ4v) is 1.91. The monoisotopic (exact) mass is 192 g/mol. The summed E-state index contributed by atoms with van der Waals surface area (Å²) in [5.41, 5.74) is 0.875. The summed E-state index contributed by atoms with van der Waals surface area (Å²) in [6.07, 6.45) is 5.04. The van der Waals surface area contributed by atoms with Gasteiger partial charge in [0.25, 0.3) is 0 Å². The van der Waals surface area contributed by atoms with Gasteiger partial charge in [-0.15, -0.1) is 0 Å². The van der Waals surface area contributed by atoms with E-state index in [1.54, 1.807) is 0 Å². The lowest BCUT2D eigenvalue weighted by atomic mass is 10.2. The van der Waals surface area contributed by atoms with E-state index in [2.05, 4.69) is 0 Å². The smallest absolute Gasteiger partial charge is 0.161 e. The van der Waals surface area contributed by atoms with E-state index >= 15 is 0 Å². The molecule has 1 aromatic carbocycles. The van der Waals surface area contributed by atoms with Crippen molar-refractivity contribution in [1.82, 2.24) is 0 Å². The second kappa shape index (κ2) is 3.91. The molecule has 0 aromatic heterocycles. The van der Waals surface area contributed by atoms with Gasteiger partial charge in [0.2, 0.25) is 0 Å². The maximum atomic E-state index is 9.73. The molecule has 0 atom stereocenters. The van der Waals surface area contributed by atoms with Gasteiger partial charge < -0.3 is 9.84 Å². The number of para-hydroxylation sites is 1. The predicted molar refractivity (Wildman–Crippen MR) is 55.7 cm³/mol. The van der Waals surface area contributed by atoms with E-state index in [1.165, 1.54) is 12.8 Å². The molecular formula is C12H16O2. The van der Waals surface area contributed by atoms with Gasteiger partial charge in [-0.2, -0.15) is 0 Å². The molecule has 0 aliphatic heterocycles. The molecule has 14 heavy (non-hydrogen) atoms. The van der Waals surface area contributed by atoms with Crippen LogP contribution >= 0.6 is 0 Å². The third-order valence-electron chi connectivity index (χ3n) is 2.80. The Labute approximate surface area is 84.5 Å². The van der Waals surface area contributed by atoms with E-state index in [0.29, 0.717) is 17.6 Å². The second-order valence-electron chi connectivity index (χ2n) is 3.95. The van der Waals surface area contributed by atoms with Crippen LogP contribution in [-0.2, 0) is 0 Å². The molecule has 1 aromatic rings. The Morgan fingerprint density at radius 1 is 1.29 bits per heavy atom. The first-order valence-corrected chi connectivity index (χ1v) is 5.22. The lowest BCUT2D eigenvalue weighted by Crippen LogP contribution is -2.10. The van der Waals surface area contributed by atoms with Crippen molar-refractivity contribution in [1.29, 1.82) is 0 Å². The van der Waals surface area contributed by atoms with Crippen molar-refractivity contribution in [2.75, 3.05) is 0 Å². The number of phenolic OH excluding ortho intramolecular Hbond substituents is 1. The highest BCUT2D eigenvalue weighted by atomic mass is 16.5. The van der Waals surface area contributed by atoms with E-state index < -0.39 is 0 Å². The minimum atomic E-state index is 0.291. The molecule has 2 heteroatoms. The Bertz CT molecular complexity index is 314. The summed E-state index contributed by atoms with van der Waals surface area (Å²) in [5.74, 6) is 0.927. The van der Waals surface area contributed by atoms with Crippen LogP contribution in [0.25, 0.3) is 0 Å². The molecule has 1 N–H and O–H groups in total. The molecule has 0 amide bonds. The first kappa shape index (κ1) is 9.38. The SMILES string of the molecule is Cc1cccc(OC2CCCC2)c1O. The topological polar surface area (TPSA) is 29.5 Å². The molecule has 1 aliphatic rings. The second-order valence-corrected chi connectivity index (χ2v) is 3.95. The number of benzene rings is 1. The minimum absolute atomic E-state index is 0.291. The average molecular weight is 192 g/mol. The summed E-state index contributed by atoms with van der Waals surface area (Å²) in [5, 5.41) is 9.73. The number of hydrogen-bond acceptors (Lipinski definition) is 2. The number of phenols is 1. The number of rotatable bonds is 2. The number of ether oxygens (including phenoxy) is 1. The van der Waals surface area contributed by atoms with Gasteiger partial charge in [0.05, 0.1) is 6.10 Å². The molecule has 2 nitrogen and oxygen atoms in total. The van der Waals surface area contributed by atoms with Crippen molar-refractivity contribution < 1.29 is 9.84 Å². The standard InChI is InChI=1S/C12H16O2/c1-9-5-4-8-11(12(9)13)14-10-6-2-3-7-10/h4-5,8,10,13H,2-3,6-7H2,1H3. The molecular weight excluding hydrogens is 176 g/mol. The number of hydrogen-bond donors (Lipinski definition) is 1. The largest absolute Gasteiger partial charge is 0.504 e. The Morgan fingerprint density at radius 2 is 2.00 bits per heavy atom. The lowest BCUT2D eigenvalue weighted by Gasteiger charge is -2.14. The van der Waals surface area contributed by atoms with Crippen LogP contribution in [0.2, 0.25) is 0 Å². The highest BCUT2D eigenvalue weighted by molar-refractivity contribution is 5.44. The molecule has 0 heterocycles. The van der Waals surface area contributed by atoms with Crippen LogP contribution in [0.1, 0.15) is 31.2 Å². The summed E-state index contributed by atoms with van der Waals surface area (Å²) in [4.78, 5) is 0. The van der Waals surface area contributed by atoms with Gasteiger partial charge in [-0.3, -0.25) is 0 Å². The van der Waals surface area contributed by atoms with Gasteiger partial charge in [0, 0.05) is 0 Å². The van der Waals surface area contributed by atoms with Gasteiger partial charge in [-0.25, -0.2) is 0 Å². The van der Waals surface area contributed by atoms with Crippen molar-refractivity contribution >= 4 is 0 Å². The number of aromatic hydroxyl groups is 1. The van der Waals surface area contributed by atoms with E-state index in [0.717, 1.165) is 18.4 Å². The molecule has 0 unspecified atom stereocenters.